The second-order valence-corrected chi connectivity index (χ2v) is 7.35. The highest BCUT2D eigenvalue weighted by Gasteiger charge is 2.08. The van der Waals surface area contributed by atoms with Crippen LogP contribution >= 0.6 is 0 Å². The fourth-order valence-corrected chi connectivity index (χ4v) is 4.08. The molecule has 0 aliphatic carbocycles. The van der Waals surface area contributed by atoms with E-state index >= 15 is 0 Å². The van der Waals surface area contributed by atoms with Crippen molar-refractivity contribution in [2.45, 2.75) is 0 Å². The van der Waals surface area contributed by atoms with Gasteiger partial charge in [-0.05, 0) is 0 Å². The van der Waals surface area contributed by atoms with Crippen LogP contribution < -0.4 is 0 Å². The van der Waals surface area contributed by atoms with Crippen molar-refractivity contribution in [3.8, 4) is 0 Å². The lowest BCUT2D eigenvalue weighted by Crippen LogP contribution is -2.16. The molecule has 0 bridgehead atoms. The Balaban J connectivity index is 4.86. The summed E-state index contributed by atoms with van der Waals surface area (Å²) < 4.78 is 73.7. The summed E-state index contributed by atoms with van der Waals surface area (Å²) in [4.78, 5) is 0. The van der Waals surface area contributed by atoms with Crippen molar-refractivity contribution in [2.24, 2.45) is 0 Å². The summed E-state index contributed by atoms with van der Waals surface area (Å²) in [5.41, 5.74) is 0. The van der Waals surface area contributed by atoms with E-state index in [4.69, 9.17) is 0 Å². The molecule has 0 aliphatic rings. The quantitative estimate of drug-likeness (QED) is 0.534. The monoisotopic (exact) mass is 251 g/mol. The molecule has 0 atom stereocenters. The molecule has 0 heterocycles. The first-order chi connectivity index (χ1) is 5.41. The van der Waals surface area contributed by atoms with Gasteiger partial charge in [0.2, 0.25) is 0 Å². The third kappa shape index (κ3) is 8.11. The average Bonchev–Trinajstić information content (AvgIpc) is 1.43. The van der Waals surface area contributed by atoms with Crippen LogP contribution in [0.5, 0.6) is 0 Å². The Labute approximate surface area is 75.8 Å². The van der Waals surface area contributed by atoms with Crippen molar-refractivity contribution in [1.82, 2.24) is 0 Å². The van der Waals surface area contributed by atoms with Gasteiger partial charge in [-0.3, -0.25) is 0 Å². The Morgan fingerprint density at radius 1 is 1.08 bits per heavy atom. The van der Waals surface area contributed by atoms with Crippen LogP contribution in [-0.2, 0) is 30.2 Å². The first kappa shape index (κ1) is 12.8. The third-order valence-corrected chi connectivity index (χ3v) is 4.88. The zero-order valence-electron chi connectivity index (χ0n) is 6.24. The Morgan fingerprint density at radius 3 is 1.69 bits per heavy atom. The molecular weight excluding hydrogens is 246 g/mol. The fraction of sp³-hybridized carbons (Fsp3) is 1.00. The van der Waals surface area contributed by atoms with Crippen LogP contribution in [0.1, 0.15) is 0 Å². The molecule has 80 valence electrons. The SMILES string of the molecule is CS(=O)(=O)[N-]S(=O)(=O)CS(=O)(=O)[O-]. The topological polar surface area (TPSA) is 140 Å². The van der Waals surface area contributed by atoms with Gasteiger partial charge in [-0.15, -0.1) is 0 Å². The number of nitrogens with zero attached hydrogens (tertiary/aromatic N) is 1. The van der Waals surface area contributed by atoms with Crippen LogP contribution in [-0.4, -0.2) is 41.1 Å². The average molecular weight is 251 g/mol. The molecule has 0 saturated heterocycles. The molecule has 11 heteroatoms. The summed E-state index contributed by atoms with van der Waals surface area (Å²) in [7, 11) is -14.0. The highest BCUT2D eigenvalue weighted by atomic mass is 32.3. The van der Waals surface area contributed by atoms with Gasteiger partial charge in [0.05, 0.1) is 20.0 Å². The van der Waals surface area contributed by atoms with Crippen LogP contribution in [0, 0.1) is 0 Å². The van der Waals surface area contributed by atoms with Crippen LogP contribution in [0.15, 0.2) is 0 Å². The van der Waals surface area contributed by atoms with Crippen LogP contribution in [0.3, 0.4) is 0 Å². The fourth-order valence-electron chi connectivity index (χ4n) is 0.410. The van der Waals surface area contributed by atoms with Gasteiger partial charge in [0.1, 0.15) is 15.2 Å². The van der Waals surface area contributed by atoms with E-state index in [1.165, 1.54) is 0 Å². The highest BCUT2D eigenvalue weighted by Crippen LogP contribution is 2.09. The first-order valence-corrected chi connectivity index (χ1v) is 7.55. The first-order valence-electron chi connectivity index (χ1n) is 2.52. The molecular formula is C2H5NO7S3-2. The maximum atomic E-state index is 10.5. The summed E-state index contributed by atoms with van der Waals surface area (Å²) in [6.07, 6.45) is 0.460. The van der Waals surface area contributed by atoms with Gasteiger partial charge >= 0.3 is 0 Å². The van der Waals surface area contributed by atoms with E-state index in [0.717, 1.165) is 0 Å². The van der Waals surface area contributed by atoms with Gasteiger partial charge in [0, 0.05) is 6.26 Å². The lowest BCUT2D eigenvalue weighted by molar-refractivity contribution is 0.467. The summed E-state index contributed by atoms with van der Waals surface area (Å²) in [5.74, 6) is 0. The third-order valence-electron chi connectivity index (χ3n) is 0.542. The maximum absolute atomic E-state index is 10.5. The van der Waals surface area contributed by atoms with E-state index in [1.807, 2.05) is 0 Å². The zero-order chi connectivity index (χ0) is 10.9. The molecule has 0 unspecified atom stereocenters. The predicted molar refractivity (Wildman–Crippen MR) is 41.7 cm³/mol. The molecule has 0 aromatic heterocycles. The predicted octanol–water partition coefficient (Wildman–Crippen LogP) is -1.85. The smallest absolute Gasteiger partial charge is 0.124 e. The van der Waals surface area contributed by atoms with Gasteiger partial charge in [-0.25, -0.2) is 25.3 Å². The second kappa shape index (κ2) is 3.49. The zero-order valence-corrected chi connectivity index (χ0v) is 8.69. The van der Waals surface area contributed by atoms with Crippen LogP contribution in [0.25, 0.3) is 4.13 Å². The Bertz CT molecular complexity index is 426. The lowest BCUT2D eigenvalue weighted by Gasteiger charge is -2.18. The minimum atomic E-state index is -5.05. The molecule has 0 aromatic rings. The Morgan fingerprint density at radius 2 is 1.46 bits per heavy atom. The summed E-state index contributed by atoms with van der Waals surface area (Å²) in [6.45, 7) is 0. The second-order valence-electron chi connectivity index (χ2n) is 2.06. The number of rotatable bonds is 4. The molecule has 0 saturated carbocycles. The molecule has 0 aliphatic heterocycles. The van der Waals surface area contributed by atoms with Crippen molar-refractivity contribution in [3.05, 3.63) is 4.13 Å². The van der Waals surface area contributed by atoms with Crippen molar-refractivity contribution in [1.29, 1.82) is 0 Å². The summed E-state index contributed by atoms with van der Waals surface area (Å²) in [6, 6.07) is 0. The summed E-state index contributed by atoms with van der Waals surface area (Å²) >= 11 is 0. The van der Waals surface area contributed by atoms with Crippen molar-refractivity contribution in [2.75, 3.05) is 11.3 Å². The van der Waals surface area contributed by atoms with Crippen molar-refractivity contribution >= 4 is 30.2 Å². The van der Waals surface area contributed by atoms with Gasteiger partial charge < -0.3 is 8.68 Å². The van der Waals surface area contributed by atoms with E-state index < -0.39 is 35.2 Å². The molecule has 0 N–H and O–H groups in total. The van der Waals surface area contributed by atoms with Crippen LogP contribution in [0.4, 0.5) is 0 Å². The minimum absolute atomic E-state index is 0.460. The molecule has 0 radical (unpaired) electrons. The van der Waals surface area contributed by atoms with E-state index in [0.29, 0.717) is 6.26 Å². The maximum Gasteiger partial charge on any atom is 0.124 e. The van der Waals surface area contributed by atoms with E-state index in [1.54, 1.807) is 0 Å². The minimum Gasteiger partial charge on any atom is -0.747 e. The summed E-state index contributed by atoms with van der Waals surface area (Å²) in [5, 5.41) is -1.85. The Hall–Kier alpha value is -0.230. The number of hydrogen-bond acceptors (Lipinski definition) is 7. The largest absolute Gasteiger partial charge is 0.747 e. The molecule has 0 amide bonds. The Kier molecular flexibility index (Phi) is 3.43. The van der Waals surface area contributed by atoms with Crippen molar-refractivity contribution in [3.63, 3.8) is 0 Å². The molecule has 0 fully saturated rings. The van der Waals surface area contributed by atoms with Gasteiger partial charge in [-0.2, -0.15) is 0 Å². The van der Waals surface area contributed by atoms with Gasteiger partial charge in [0.15, 0.2) is 0 Å². The lowest BCUT2D eigenvalue weighted by atomic mass is 11.9. The van der Waals surface area contributed by atoms with Crippen LogP contribution in [0.2, 0.25) is 0 Å². The molecule has 0 aromatic carbocycles. The van der Waals surface area contributed by atoms with E-state index in [-0.39, 0.29) is 0 Å². The molecule has 0 rings (SSSR count). The molecule has 13 heavy (non-hydrogen) atoms. The van der Waals surface area contributed by atoms with Crippen molar-refractivity contribution < 1.29 is 29.8 Å². The van der Waals surface area contributed by atoms with Gasteiger partial charge in [0.25, 0.3) is 0 Å². The number of hydrogen-bond donors (Lipinski definition) is 0. The standard InChI is InChI=1S/C2H6NO7S3/c1-11(4,5)3-12(6,7)2-13(8,9)10/h2H2,1H3,(H,8,9,10)/q-1/p-1. The van der Waals surface area contributed by atoms with E-state index in [9.17, 15) is 29.8 Å². The molecule has 8 nitrogen and oxygen atoms in total. The highest BCUT2D eigenvalue weighted by molar-refractivity contribution is 8.16. The number of sulfonamides is 2. The van der Waals surface area contributed by atoms with Gasteiger partial charge in [-0.1, -0.05) is 0 Å². The van der Waals surface area contributed by atoms with E-state index in [2.05, 4.69) is 4.13 Å². The molecule has 0 spiro atoms. The normalized spacial score (nSPS) is 14.3.